The van der Waals surface area contributed by atoms with Gasteiger partial charge in [0, 0.05) is 24.4 Å². The normalized spacial score (nSPS) is 9.50. The summed E-state index contributed by atoms with van der Waals surface area (Å²) in [5.41, 5.74) is 1.98. The molecular weight excluding hydrogens is 180 g/mol. The van der Waals surface area contributed by atoms with Crippen molar-refractivity contribution in [2.75, 3.05) is 11.9 Å². The van der Waals surface area contributed by atoms with E-state index < -0.39 is 4.92 Å². The summed E-state index contributed by atoms with van der Waals surface area (Å²) in [5, 5.41) is 13.4. The van der Waals surface area contributed by atoms with Crippen molar-refractivity contribution in [3.8, 4) is 0 Å². The van der Waals surface area contributed by atoms with E-state index in [-0.39, 0.29) is 5.69 Å². The highest BCUT2D eigenvalue weighted by Gasteiger charge is 2.02. The van der Waals surface area contributed by atoms with Crippen LogP contribution in [0.25, 0.3) is 0 Å². The molecular formula is C10H12N2O2. The molecule has 74 valence electrons. The molecule has 0 aliphatic rings. The molecule has 0 bridgehead atoms. The summed E-state index contributed by atoms with van der Waals surface area (Å²) in [6.07, 6.45) is 0. The van der Waals surface area contributed by atoms with Crippen molar-refractivity contribution in [1.29, 1.82) is 0 Å². The number of non-ortho nitro benzene ring substituents is 1. The number of hydrogen-bond donors (Lipinski definition) is 1. The Morgan fingerprint density at radius 2 is 2.07 bits per heavy atom. The highest BCUT2D eigenvalue weighted by Crippen LogP contribution is 2.15. The van der Waals surface area contributed by atoms with Gasteiger partial charge >= 0.3 is 0 Å². The highest BCUT2D eigenvalue weighted by atomic mass is 16.6. The van der Waals surface area contributed by atoms with Gasteiger partial charge in [0.1, 0.15) is 0 Å². The Morgan fingerprint density at radius 3 is 2.50 bits per heavy atom. The number of anilines is 1. The maximum atomic E-state index is 10.3. The number of nitrogens with zero attached hydrogens (tertiary/aromatic N) is 1. The Balaban J connectivity index is 2.64. The van der Waals surface area contributed by atoms with E-state index in [9.17, 15) is 10.1 Å². The van der Waals surface area contributed by atoms with E-state index in [0.29, 0.717) is 6.54 Å². The van der Waals surface area contributed by atoms with Gasteiger partial charge in [-0.2, -0.15) is 0 Å². The molecule has 0 unspecified atom stereocenters. The molecule has 1 N–H and O–H groups in total. The van der Waals surface area contributed by atoms with Crippen LogP contribution in [-0.4, -0.2) is 11.5 Å². The second-order valence-electron chi connectivity index (χ2n) is 3.11. The monoisotopic (exact) mass is 192 g/mol. The van der Waals surface area contributed by atoms with Gasteiger partial charge in [0.25, 0.3) is 5.69 Å². The van der Waals surface area contributed by atoms with Crippen molar-refractivity contribution in [2.45, 2.75) is 6.92 Å². The van der Waals surface area contributed by atoms with Crippen molar-refractivity contribution in [3.05, 3.63) is 46.5 Å². The van der Waals surface area contributed by atoms with E-state index in [2.05, 4.69) is 11.9 Å². The van der Waals surface area contributed by atoms with Crippen molar-refractivity contribution < 1.29 is 4.92 Å². The number of nitrogens with one attached hydrogen (secondary N) is 1. The van der Waals surface area contributed by atoms with Gasteiger partial charge in [-0.1, -0.05) is 12.2 Å². The molecule has 14 heavy (non-hydrogen) atoms. The summed E-state index contributed by atoms with van der Waals surface area (Å²) in [6.45, 7) is 6.34. The summed E-state index contributed by atoms with van der Waals surface area (Å²) in [7, 11) is 0. The molecule has 0 amide bonds. The van der Waals surface area contributed by atoms with Crippen LogP contribution >= 0.6 is 0 Å². The number of rotatable bonds is 4. The zero-order chi connectivity index (χ0) is 10.6. The lowest BCUT2D eigenvalue weighted by Gasteiger charge is -2.04. The van der Waals surface area contributed by atoms with Crippen LogP contribution in [0.5, 0.6) is 0 Å². The zero-order valence-corrected chi connectivity index (χ0v) is 7.99. The predicted molar refractivity (Wildman–Crippen MR) is 56.4 cm³/mol. The third kappa shape index (κ3) is 2.90. The van der Waals surface area contributed by atoms with Gasteiger partial charge in [-0.3, -0.25) is 10.1 Å². The van der Waals surface area contributed by atoms with Gasteiger partial charge in [0.15, 0.2) is 0 Å². The first kappa shape index (κ1) is 10.2. The van der Waals surface area contributed by atoms with Crippen LogP contribution in [0.2, 0.25) is 0 Å². The summed E-state index contributed by atoms with van der Waals surface area (Å²) < 4.78 is 0. The molecule has 0 spiro atoms. The van der Waals surface area contributed by atoms with Gasteiger partial charge in [-0.25, -0.2) is 0 Å². The van der Waals surface area contributed by atoms with Gasteiger partial charge in [-0.05, 0) is 19.1 Å². The lowest BCUT2D eigenvalue weighted by Crippen LogP contribution is -2.01. The fourth-order valence-corrected chi connectivity index (χ4v) is 0.954. The minimum absolute atomic E-state index is 0.103. The first-order chi connectivity index (χ1) is 6.59. The van der Waals surface area contributed by atoms with Crippen LogP contribution < -0.4 is 5.32 Å². The molecule has 0 aliphatic heterocycles. The van der Waals surface area contributed by atoms with Crippen molar-refractivity contribution >= 4 is 11.4 Å². The molecule has 1 aromatic rings. The van der Waals surface area contributed by atoms with E-state index in [1.54, 1.807) is 12.1 Å². The fourth-order valence-electron chi connectivity index (χ4n) is 0.954. The summed E-state index contributed by atoms with van der Waals surface area (Å²) in [6, 6.07) is 6.31. The number of nitro groups is 1. The molecule has 0 aromatic heterocycles. The summed E-state index contributed by atoms with van der Waals surface area (Å²) in [5.74, 6) is 0. The quantitative estimate of drug-likeness (QED) is 0.453. The van der Waals surface area contributed by atoms with Gasteiger partial charge in [0.05, 0.1) is 4.92 Å². The second-order valence-corrected chi connectivity index (χ2v) is 3.11. The Bertz CT molecular complexity index is 344. The number of hydrogen-bond acceptors (Lipinski definition) is 3. The topological polar surface area (TPSA) is 55.2 Å². The van der Waals surface area contributed by atoms with E-state index in [4.69, 9.17) is 0 Å². The zero-order valence-electron chi connectivity index (χ0n) is 7.99. The molecule has 1 aromatic carbocycles. The van der Waals surface area contributed by atoms with E-state index in [1.807, 2.05) is 6.92 Å². The molecule has 1 rings (SSSR count). The minimum Gasteiger partial charge on any atom is -0.381 e. The van der Waals surface area contributed by atoms with Crippen LogP contribution in [0.15, 0.2) is 36.4 Å². The Labute approximate surface area is 82.4 Å². The van der Waals surface area contributed by atoms with E-state index in [0.717, 1.165) is 11.3 Å². The Kier molecular flexibility index (Phi) is 3.23. The molecule has 0 saturated carbocycles. The van der Waals surface area contributed by atoms with Crippen LogP contribution in [0.3, 0.4) is 0 Å². The van der Waals surface area contributed by atoms with E-state index >= 15 is 0 Å². The molecule has 0 saturated heterocycles. The van der Waals surface area contributed by atoms with Crippen LogP contribution in [0, 0.1) is 10.1 Å². The number of nitro benzene ring substituents is 1. The van der Waals surface area contributed by atoms with Crippen molar-refractivity contribution in [3.63, 3.8) is 0 Å². The number of benzene rings is 1. The predicted octanol–water partition coefficient (Wildman–Crippen LogP) is 2.58. The first-order valence-corrected chi connectivity index (χ1v) is 4.22. The molecule has 4 nitrogen and oxygen atoms in total. The Morgan fingerprint density at radius 1 is 1.50 bits per heavy atom. The smallest absolute Gasteiger partial charge is 0.269 e. The third-order valence-electron chi connectivity index (χ3n) is 1.67. The minimum atomic E-state index is -0.414. The Hall–Kier alpha value is -1.84. The summed E-state index contributed by atoms with van der Waals surface area (Å²) >= 11 is 0. The fraction of sp³-hybridized carbons (Fsp3) is 0.200. The van der Waals surface area contributed by atoms with Gasteiger partial charge in [-0.15, -0.1) is 0 Å². The highest BCUT2D eigenvalue weighted by molar-refractivity contribution is 5.49. The lowest BCUT2D eigenvalue weighted by atomic mass is 10.2. The first-order valence-electron chi connectivity index (χ1n) is 4.22. The van der Waals surface area contributed by atoms with Crippen molar-refractivity contribution in [2.24, 2.45) is 0 Å². The summed E-state index contributed by atoms with van der Waals surface area (Å²) in [4.78, 5) is 9.94. The van der Waals surface area contributed by atoms with Crippen LogP contribution in [-0.2, 0) is 0 Å². The molecule has 0 atom stereocenters. The van der Waals surface area contributed by atoms with Gasteiger partial charge < -0.3 is 5.32 Å². The van der Waals surface area contributed by atoms with E-state index in [1.165, 1.54) is 12.1 Å². The maximum Gasteiger partial charge on any atom is 0.269 e. The van der Waals surface area contributed by atoms with Gasteiger partial charge in [0.2, 0.25) is 0 Å². The standard InChI is InChI=1S/C10H12N2O2/c1-8(2)7-11-9-3-5-10(6-4-9)12(13)14/h3-6,11H,1,7H2,2H3. The van der Waals surface area contributed by atoms with Crippen LogP contribution in [0.4, 0.5) is 11.4 Å². The third-order valence-corrected chi connectivity index (χ3v) is 1.67. The molecule has 0 fully saturated rings. The SMILES string of the molecule is C=C(C)CNc1ccc([N+](=O)[O-])cc1. The molecule has 0 aliphatic carbocycles. The van der Waals surface area contributed by atoms with Crippen molar-refractivity contribution in [1.82, 2.24) is 0 Å². The van der Waals surface area contributed by atoms with Crippen LogP contribution in [0.1, 0.15) is 6.92 Å². The lowest BCUT2D eigenvalue weighted by molar-refractivity contribution is -0.384. The molecule has 0 radical (unpaired) electrons. The second kappa shape index (κ2) is 4.41. The average Bonchev–Trinajstić information content (AvgIpc) is 2.15. The molecule has 4 heteroatoms. The maximum absolute atomic E-state index is 10.3. The largest absolute Gasteiger partial charge is 0.381 e. The average molecular weight is 192 g/mol. The molecule has 0 heterocycles.